The van der Waals surface area contributed by atoms with Gasteiger partial charge in [-0.15, -0.1) is 0 Å². The number of Topliss-reactive ketones (excluding diaryl/α,β-unsaturated/α-hetero) is 1. The summed E-state index contributed by atoms with van der Waals surface area (Å²) in [7, 11) is -1.30. The minimum Gasteiger partial charge on any atom is -0.481 e. The largest absolute Gasteiger partial charge is 0.481 e. The Hall–Kier alpha value is -1.17. The predicted octanol–water partition coefficient (Wildman–Crippen LogP) is 0.912. The third-order valence-corrected chi connectivity index (χ3v) is 3.33. The molecular formula is C9H16O5Si. The lowest BCUT2D eigenvalue weighted by Crippen LogP contribution is -2.25. The fraction of sp³-hybridized carbons (Fsp3) is 0.667. The highest BCUT2D eigenvalue weighted by molar-refractivity contribution is 6.76. The first-order valence-electron chi connectivity index (χ1n) is 4.64. The molecule has 6 heteroatoms. The fourth-order valence-corrected chi connectivity index (χ4v) is 1.45. The van der Waals surface area contributed by atoms with Gasteiger partial charge in [-0.25, -0.2) is 4.79 Å². The van der Waals surface area contributed by atoms with Gasteiger partial charge in [0.25, 0.3) is 5.78 Å². The molecule has 0 aliphatic carbocycles. The number of carboxylic acid groups (broad SMARTS) is 1. The van der Waals surface area contributed by atoms with Crippen LogP contribution in [0.25, 0.3) is 0 Å². The molecule has 5 nitrogen and oxygen atoms in total. The monoisotopic (exact) mass is 232 g/mol. The van der Waals surface area contributed by atoms with E-state index in [2.05, 4.69) is 24.4 Å². The number of hydrogen-bond acceptors (Lipinski definition) is 4. The van der Waals surface area contributed by atoms with Crippen LogP contribution in [-0.4, -0.2) is 37.5 Å². The number of carbonyl (C=O) groups excluding carboxylic acids is 2. The second kappa shape index (κ2) is 5.65. The maximum Gasteiger partial charge on any atom is 0.375 e. The molecule has 0 aromatic carbocycles. The smallest absolute Gasteiger partial charge is 0.375 e. The van der Waals surface area contributed by atoms with Crippen LogP contribution in [0.4, 0.5) is 0 Å². The van der Waals surface area contributed by atoms with Gasteiger partial charge in [-0.2, -0.15) is 0 Å². The lowest BCUT2D eigenvalue weighted by Gasteiger charge is -2.14. The fourth-order valence-electron chi connectivity index (χ4n) is 0.740. The summed E-state index contributed by atoms with van der Waals surface area (Å²) in [5, 5.41) is 8.27. The summed E-state index contributed by atoms with van der Waals surface area (Å²) in [5.74, 6) is -3.36. The van der Waals surface area contributed by atoms with Gasteiger partial charge in [-0.05, 0) is 6.04 Å². The molecular weight excluding hydrogens is 216 g/mol. The van der Waals surface area contributed by atoms with E-state index in [0.29, 0.717) is 0 Å². The van der Waals surface area contributed by atoms with Crippen LogP contribution < -0.4 is 0 Å². The number of rotatable bonds is 6. The van der Waals surface area contributed by atoms with Crippen molar-refractivity contribution in [2.24, 2.45) is 0 Å². The standard InChI is InChI=1S/C9H16O5Si/c1-15(2,3)5-4-14-9(13)7(10)6-8(11)12/h4-6H2,1-3H3,(H,11,12). The van der Waals surface area contributed by atoms with Crippen molar-refractivity contribution in [2.45, 2.75) is 32.1 Å². The van der Waals surface area contributed by atoms with E-state index in [0.717, 1.165) is 6.04 Å². The summed E-state index contributed by atoms with van der Waals surface area (Å²) >= 11 is 0. The maximum atomic E-state index is 10.9. The highest BCUT2D eigenvalue weighted by Crippen LogP contribution is 2.07. The third-order valence-electron chi connectivity index (χ3n) is 1.62. The third kappa shape index (κ3) is 7.86. The van der Waals surface area contributed by atoms with E-state index < -0.39 is 32.2 Å². The summed E-state index contributed by atoms with van der Waals surface area (Å²) in [4.78, 5) is 31.9. The number of esters is 1. The van der Waals surface area contributed by atoms with E-state index in [1.807, 2.05) is 0 Å². The molecule has 0 spiro atoms. The first-order chi connectivity index (χ1) is 6.72. The average Bonchev–Trinajstić information content (AvgIpc) is 2.00. The van der Waals surface area contributed by atoms with Crippen molar-refractivity contribution >= 4 is 25.8 Å². The number of ether oxygens (including phenoxy) is 1. The SMILES string of the molecule is C[Si](C)(C)CCOC(=O)C(=O)CC(=O)O. The van der Waals surface area contributed by atoms with Crippen molar-refractivity contribution in [1.29, 1.82) is 0 Å². The average molecular weight is 232 g/mol. The zero-order chi connectivity index (χ0) is 12.1. The zero-order valence-corrected chi connectivity index (χ0v) is 10.2. The van der Waals surface area contributed by atoms with Gasteiger partial charge in [0, 0.05) is 8.07 Å². The van der Waals surface area contributed by atoms with Gasteiger partial charge in [0.1, 0.15) is 6.42 Å². The number of hydrogen-bond donors (Lipinski definition) is 1. The van der Waals surface area contributed by atoms with E-state index in [1.54, 1.807) is 0 Å². The van der Waals surface area contributed by atoms with Crippen molar-refractivity contribution in [3.63, 3.8) is 0 Å². The van der Waals surface area contributed by atoms with E-state index in [9.17, 15) is 14.4 Å². The summed E-state index contributed by atoms with van der Waals surface area (Å²) in [6, 6.07) is 0.763. The minimum absolute atomic E-state index is 0.194. The van der Waals surface area contributed by atoms with Crippen LogP contribution in [0.3, 0.4) is 0 Å². The van der Waals surface area contributed by atoms with Gasteiger partial charge in [0.15, 0.2) is 0 Å². The molecule has 0 bridgehead atoms. The summed E-state index contributed by atoms with van der Waals surface area (Å²) in [5.41, 5.74) is 0. The molecule has 0 rings (SSSR count). The number of ketones is 1. The van der Waals surface area contributed by atoms with Crippen LogP contribution in [0, 0.1) is 0 Å². The van der Waals surface area contributed by atoms with Gasteiger partial charge >= 0.3 is 11.9 Å². The molecule has 86 valence electrons. The van der Waals surface area contributed by atoms with E-state index in [4.69, 9.17) is 5.11 Å². The molecule has 0 heterocycles. The Kier molecular flexibility index (Phi) is 5.20. The Morgan fingerprint density at radius 2 is 1.73 bits per heavy atom. The Morgan fingerprint density at radius 1 is 1.20 bits per heavy atom. The molecule has 0 aliphatic heterocycles. The van der Waals surface area contributed by atoms with Gasteiger partial charge in [-0.1, -0.05) is 19.6 Å². The minimum atomic E-state index is -1.32. The van der Waals surface area contributed by atoms with E-state index in [-0.39, 0.29) is 6.61 Å². The van der Waals surface area contributed by atoms with Crippen LogP contribution in [0.15, 0.2) is 0 Å². The van der Waals surface area contributed by atoms with Crippen LogP contribution >= 0.6 is 0 Å². The molecule has 0 atom stereocenters. The highest BCUT2D eigenvalue weighted by Gasteiger charge is 2.20. The molecule has 15 heavy (non-hydrogen) atoms. The second-order valence-corrected chi connectivity index (χ2v) is 10.1. The quantitative estimate of drug-likeness (QED) is 0.318. The lowest BCUT2D eigenvalue weighted by atomic mass is 10.3. The zero-order valence-electron chi connectivity index (χ0n) is 9.20. The summed E-state index contributed by atoms with van der Waals surface area (Å²) < 4.78 is 4.66. The number of aliphatic carboxylic acids is 1. The van der Waals surface area contributed by atoms with Crippen molar-refractivity contribution in [2.75, 3.05) is 6.61 Å². The second-order valence-electron chi connectivity index (χ2n) is 4.44. The van der Waals surface area contributed by atoms with Gasteiger partial charge in [-0.3, -0.25) is 9.59 Å². The van der Waals surface area contributed by atoms with Crippen molar-refractivity contribution in [3.05, 3.63) is 0 Å². The Balaban J connectivity index is 3.85. The normalized spacial score (nSPS) is 10.9. The van der Waals surface area contributed by atoms with E-state index >= 15 is 0 Å². The Morgan fingerprint density at radius 3 is 2.13 bits per heavy atom. The number of carbonyl (C=O) groups is 3. The Bertz CT molecular complexity index is 266. The van der Waals surface area contributed by atoms with Gasteiger partial charge in [0.2, 0.25) is 0 Å². The van der Waals surface area contributed by atoms with Crippen molar-refractivity contribution < 1.29 is 24.2 Å². The highest BCUT2D eigenvalue weighted by atomic mass is 28.3. The first-order valence-corrected chi connectivity index (χ1v) is 8.35. The molecule has 0 saturated carbocycles. The van der Waals surface area contributed by atoms with Crippen LogP contribution in [0.2, 0.25) is 25.7 Å². The lowest BCUT2D eigenvalue weighted by molar-refractivity contribution is -0.156. The molecule has 0 radical (unpaired) electrons. The van der Waals surface area contributed by atoms with Crippen LogP contribution in [0.1, 0.15) is 6.42 Å². The van der Waals surface area contributed by atoms with Crippen molar-refractivity contribution in [3.8, 4) is 0 Å². The summed E-state index contributed by atoms with van der Waals surface area (Å²) in [6.07, 6.45) is -0.800. The van der Waals surface area contributed by atoms with Crippen LogP contribution in [0.5, 0.6) is 0 Å². The maximum absolute atomic E-state index is 10.9. The Labute approximate surface area is 89.4 Å². The predicted molar refractivity (Wildman–Crippen MR) is 56.4 cm³/mol. The first kappa shape index (κ1) is 13.8. The molecule has 0 amide bonds. The molecule has 1 N–H and O–H groups in total. The molecule has 0 aliphatic rings. The molecule has 0 fully saturated rings. The topological polar surface area (TPSA) is 80.7 Å². The molecule has 0 saturated heterocycles. The van der Waals surface area contributed by atoms with Gasteiger partial charge < -0.3 is 9.84 Å². The van der Waals surface area contributed by atoms with Crippen LogP contribution in [-0.2, 0) is 19.1 Å². The van der Waals surface area contributed by atoms with Crippen molar-refractivity contribution in [1.82, 2.24) is 0 Å². The number of carboxylic acids is 1. The molecule has 0 aromatic rings. The molecule has 0 aromatic heterocycles. The van der Waals surface area contributed by atoms with E-state index in [1.165, 1.54) is 0 Å². The summed E-state index contributed by atoms with van der Waals surface area (Å²) in [6.45, 7) is 6.53. The van der Waals surface area contributed by atoms with Gasteiger partial charge in [0.05, 0.1) is 6.61 Å². The molecule has 0 unspecified atom stereocenters.